The van der Waals surface area contributed by atoms with Crippen molar-refractivity contribution >= 4 is 34.2 Å². The molecule has 1 unspecified atom stereocenters. The molecule has 0 radical (unpaired) electrons. The summed E-state index contributed by atoms with van der Waals surface area (Å²) in [5, 5.41) is 6.28. The van der Waals surface area contributed by atoms with Gasteiger partial charge >= 0.3 is 0 Å². The van der Waals surface area contributed by atoms with Gasteiger partial charge in [0, 0.05) is 23.5 Å². The van der Waals surface area contributed by atoms with Crippen LogP contribution in [0.5, 0.6) is 0 Å². The van der Waals surface area contributed by atoms with Gasteiger partial charge in [-0.3, -0.25) is 4.79 Å². The Hall–Kier alpha value is -0.580. The van der Waals surface area contributed by atoms with E-state index in [-0.39, 0.29) is 18.3 Å². The maximum absolute atomic E-state index is 11.7. The van der Waals surface area contributed by atoms with Gasteiger partial charge in [0.1, 0.15) is 0 Å². The zero-order valence-electron chi connectivity index (χ0n) is 10.1. The maximum atomic E-state index is 11.7. The number of rotatable bonds is 4. The summed E-state index contributed by atoms with van der Waals surface area (Å²) in [6.07, 6.45) is 2.89. The molecule has 1 saturated heterocycles. The molecule has 1 atom stereocenters. The maximum Gasteiger partial charge on any atom is 0.221 e. The van der Waals surface area contributed by atoms with Crippen LogP contribution in [0.15, 0.2) is 28.7 Å². The molecule has 1 amide bonds. The number of carbonyl (C=O) groups is 1. The summed E-state index contributed by atoms with van der Waals surface area (Å²) >= 11 is 3.42. The lowest BCUT2D eigenvalue weighted by molar-refractivity contribution is -0.121. The van der Waals surface area contributed by atoms with Gasteiger partial charge in [0.25, 0.3) is 0 Å². The molecule has 1 aromatic carbocycles. The van der Waals surface area contributed by atoms with E-state index >= 15 is 0 Å². The fourth-order valence-corrected chi connectivity index (χ4v) is 2.52. The van der Waals surface area contributed by atoms with Gasteiger partial charge in [-0.25, -0.2) is 0 Å². The highest BCUT2D eigenvalue weighted by Crippen LogP contribution is 2.12. The van der Waals surface area contributed by atoms with Crippen molar-refractivity contribution in [3.05, 3.63) is 34.3 Å². The molecule has 5 heteroatoms. The van der Waals surface area contributed by atoms with E-state index in [9.17, 15) is 4.79 Å². The highest BCUT2D eigenvalue weighted by atomic mass is 79.9. The topological polar surface area (TPSA) is 41.1 Å². The molecular weight excluding hydrogens is 316 g/mol. The number of nitrogens with one attached hydrogen (secondary N) is 2. The van der Waals surface area contributed by atoms with Crippen molar-refractivity contribution in [2.75, 3.05) is 6.54 Å². The number of benzene rings is 1. The van der Waals surface area contributed by atoms with E-state index in [2.05, 4.69) is 26.6 Å². The SMILES string of the molecule is Cl.O=C(CC1CCCN1)NCc1cccc(Br)c1. The smallest absolute Gasteiger partial charge is 0.221 e. The van der Waals surface area contributed by atoms with E-state index in [0.29, 0.717) is 19.0 Å². The van der Waals surface area contributed by atoms with E-state index in [1.165, 1.54) is 6.42 Å². The first-order chi connectivity index (χ1) is 8.24. The number of halogens is 2. The fraction of sp³-hybridized carbons (Fsp3) is 0.462. The summed E-state index contributed by atoms with van der Waals surface area (Å²) < 4.78 is 1.04. The van der Waals surface area contributed by atoms with E-state index in [1.54, 1.807) is 0 Å². The fourth-order valence-electron chi connectivity index (χ4n) is 2.07. The molecule has 3 nitrogen and oxygen atoms in total. The summed E-state index contributed by atoms with van der Waals surface area (Å²) in [6, 6.07) is 8.36. The summed E-state index contributed by atoms with van der Waals surface area (Å²) in [5.41, 5.74) is 1.12. The zero-order valence-corrected chi connectivity index (χ0v) is 12.5. The first-order valence-corrected chi connectivity index (χ1v) is 6.78. The van der Waals surface area contributed by atoms with Crippen LogP contribution in [-0.2, 0) is 11.3 Å². The normalized spacial score (nSPS) is 18.2. The van der Waals surface area contributed by atoms with Crippen molar-refractivity contribution in [3.63, 3.8) is 0 Å². The van der Waals surface area contributed by atoms with Crippen LogP contribution in [0.4, 0.5) is 0 Å². The van der Waals surface area contributed by atoms with Gasteiger partial charge in [-0.1, -0.05) is 28.1 Å². The lowest BCUT2D eigenvalue weighted by Crippen LogP contribution is -2.31. The zero-order chi connectivity index (χ0) is 12.1. The lowest BCUT2D eigenvalue weighted by Gasteiger charge is -2.10. The first-order valence-electron chi connectivity index (χ1n) is 5.98. The van der Waals surface area contributed by atoms with Crippen LogP contribution in [-0.4, -0.2) is 18.5 Å². The van der Waals surface area contributed by atoms with Crippen LogP contribution < -0.4 is 10.6 Å². The Labute approximate surface area is 122 Å². The quantitative estimate of drug-likeness (QED) is 0.889. The molecule has 1 aliphatic rings. The van der Waals surface area contributed by atoms with E-state index in [1.807, 2.05) is 24.3 Å². The van der Waals surface area contributed by atoms with Crippen molar-refractivity contribution in [1.29, 1.82) is 0 Å². The highest BCUT2D eigenvalue weighted by molar-refractivity contribution is 9.10. The Kier molecular flexibility index (Phi) is 6.68. The highest BCUT2D eigenvalue weighted by Gasteiger charge is 2.17. The monoisotopic (exact) mass is 332 g/mol. The molecule has 1 fully saturated rings. The van der Waals surface area contributed by atoms with Gasteiger partial charge in [-0.2, -0.15) is 0 Å². The van der Waals surface area contributed by atoms with Crippen molar-refractivity contribution < 1.29 is 4.79 Å². The summed E-state index contributed by atoms with van der Waals surface area (Å²) in [4.78, 5) is 11.7. The number of hydrogen-bond donors (Lipinski definition) is 2. The molecule has 1 heterocycles. The van der Waals surface area contributed by atoms with Gasteiger partial charge in [0.2, 0.25) is 5.91 Å². The van der Waals surface area contributed by atoms with Gasteiger partial charge in [-0.15, -0.1) is 12.4 Å². The second kappa shape index (κ2) is 7.77. The van der Waals surface area contributed by atoms with Crippen LogP contribution in [0, 0.1) is 0 Å². The number of carbonyl (C=O) groups excluding carboxylic acids is 1. The van der Waals surface area contributed by atoms with Gasteiger partial charge in [0.15, 0.2) is 0 Å². The average molecular weight is 334 g/mol. The minimum atomic E-state index is 0. The number of hydrogen-bond acceptors (Lipinski definition) is 2. The van der Waals surface area contributed by atoms with Gasteiger partial charge in [0.05, 0.1) is 0 Å². The Bertz CT molecular complexity index is 394. The molecule has 18 heavy (non-hydrogen) atoms. The largest absolute Gasteiger partial charge is 0.352 e. The Morgan fingerprint density at radius 2 is 2.33 bits per heavy atom. The van der Waals surface area contributed by atoms with E-state index < -0.39 is 0 Å². The standard InChI is InChI=1S/C13H17BrN2O.ClH/c14-11-4-1-3-10(7-11)9-16-13(17)8-12-5-2-6-15-12;/h1,3-4,7,12,15H,2,5-6,8-9H2,(H,16,17);1H. The van der Waals surface area contributed by atoms with Crippen molar-refractivity contribution in [2.24, 2.45) is 0 Å². The number of amides is 1. The molecule has 2 rings (SSSR count). The second-order valence-electron chi connectivity index (χ2n) is 4.40. The average Bonchev–Trinajstić information content (AvgIpc) is 2.79. The molecule has 2 N–H and O–H groups in total. The predicted molar refractivity (Wildman–Crippen MR) is 78.9 cm³/mol. The minimum Gasteiger partial charge on any atom is -0.352 e. The van der Waals surface area contributed by atoms with Crippen LogP contribution in [0.3, 0.4) is 0 Å². The van der Waals surface area contributed by atoms with Gasteiger partial charge in [-0.05, 0) is 37.1 Å². The molecule has 0 spiro atoms. The molecule has 1 aromatic rings. The molecule has 0 saturated carbocycles. The third-order valence-electron chi connectivity index (χ3n) is 2.97. The molecule has 100 valence electrons. The summed E-state index contributed by atoms with van der Waals surface area (Å²) in [6.45, 7) is 1.65. The van der Waals surface area contributed by atoms with E-state index in [0.717, 1.165) is 23.0 Å². The summed E-state index contributed by atoms with van der Waals surface area (Å²) in [7, 11) is 0. The minimum absolute atomic E-state index is 0. The molecule has 0 aliphatic carbocycles. The van der Waals surface area contributed by atoms with Crippen molar-refractivity contribution in [2.45, 2.75) is 31.8 Å². The Morgan fingerprint density at radius 3 is 3.00 bits per heavy atom. The van der Waals surface area contributed by atoms with Crippen molar-refractivity contribution in [1.82, 2.24) is 10.6 Å². The van der Waals surface area contributed by atoms with Crippen LogP contribution >= 0.6 is 28.3 Å². The Balaban J connectivity index is 0.00000162. The lowest BCUT2D eigenvalue weighted by atomic mass is 10.1. The van der Waals surface area contributed by atoms with Crippen LogP contribution in [0.25, 0.3) is 0 Å². The molecule has 1 aliphatic heterocycles. The first kappa shape index (κ1) is 15.5. The Morgan fingerprint density at radius 1 is 1.50 bits per heavy atom. The van der Waals surface area contributed by atoms with Crippen molar-refractivity contribution in [3.8, 4) is 0 Å². The molecule has 0 aromatic heterocycles. The van der Waals surface area contributed by atoms with E-state index in [4.69, 9.17) is 0 Å². The van der Waals surface area contributed by atoms with Crippen LogP contribution in [0.1, 0.15) is 24.8 Å². The third kappa shape index (κ3) is 4.96. The third-order valence-corrected chi connectivity index (χ3v) is 3.47. The second-order valence-corrected chi connectivity index (χ2v) is 5.32. The van der Waals surface area contributed by atoms with Crippen LogP contribution in [0.2, 0.25) is 0 Å². The molecule has 0 bridgehead atoms. The predicted octanol–water partition coefficient (Wildman–Crippen LogP) is 2.63. The summed E-state index contributed by atoms with van der Waals surface area (Å²) in [5.74, 6) is 0.129. The van der Waals surface area contributed by atoms with Gasteiger partial charge < -0.3 is 10.6 Å². The molecular formula is C13H18BrClN2O.